The minimum absolute atomic E-state index is 0.0269. The van der Waals surface area contributed by atoms with E-state index in [0.717, 1.165) is 17.9 Å². The molecule has 2 atom stereocenters. The summed E-state index contributed by atoms with van der Waals surface area (Å²) in [4.78, 5) is 14.9. The van der Waals surface area contributed by atoms with E-state index in [2.05, 4.69) is 16.8 Å². The number of nitrogens with one attached hydrogen (secondary N) is 1. The third-order valence-electron chi connectivity index (χ3n) is 4.63. The number of hydrogen-bond acceptors (Lipinski definition) is 3. The summed E-state index contributed by atoms with van der Waals surface area (Å²) in [7, 11) is 1.99. The highest BCUT2D eigenvalue weighted by Gasteiger charge is 2.37. The number of benzene rings is 2. The SMILES string of the molecule is C=CCOc1cccc(C2CN(C)CC2C(=O)Nc2ccccc2F)c1. The van der Waals surface area contributed by atoms with Gasteiger partial charge in [0.05, 0.1) is 11.6 Å². The molecule has 1 aliphatic heterocycles. The lowest BCUT2D eigenvalue weighted by atomic mass is 9.88. The molecular formula is C21H23FN2O2. The molecule has 4 nitrogen and oxygen atoms in total. The number of ether oxygens (including phenoxy) is 1. The number of anilines is 1. The largest absolute Gasteiger partial charge is 0.490 e. The number of likely N-dealkylation sites (N-methyl/N-ethyl adjacent to an activating group) is 1. The normalized spacial score (nSPS) is 19.9. The maximum Gasteiger partial charge on any atom is 0.229 e. The highest BCUT2D eigenvalue weighted by molar-refractivity contribution is 5.93. The number of hydrogen-bond donors (Lipinski definition) is 1. The molecule has 3 rings (SSSR count). The number of rotatable bonds is 6. The average Bonchev–Trinajstić information content (AvgIpc) is 3.04. The van der Waals surface area contributed by atoms with E-state index in [0.29, 0.717) is 13.2 Å². The van der Waals surface area contributed by atoms with Crippen molar-refractivity contribution >= 4 is 11.6 Å². The van der Waals surface area contributed by atoms with Crippen molar-refractivity contribution < 1.29 is 13.9 Å². The zero-order valence-corrected chi connectivity index (χ0v) is 14.8. The Morgan fingerprint density at radius 2 is 2.12 bits per heavy atom. The maximum absolute atomic E-state index is 13.9. The van der Waals surface area contributed by atoms with Crippen molar-refractivity contribution in [1.29, 1.82) is 0 Å². The van der Waals surface area contributed by atoms with Crippen LogP contribution < -0.4 is 10.1 Å². The van der Waals surface area contributed by atoms with Crippen LogP contribution in [0.1, 0.15) is 11.5 Å². The summed E-state index contributed by atoms with van der Waals surface area (Å²) in [5.41, 5.74) is 1.26. The summed E-state index contributed by atoms with van der Waals surface area (Å²) < 4.78 is 19.5. The molecule has 1 heterocycles. The van der Waals surface area contributed by atoms with E-state index < -0.39 is 5.82 Å². The van der Waals surface area contributed by atoms with Crippen LogP contribution in [0.3, 0.4) is 0 Å². The first-order valence-corrected chi connectivity index (χ1v) is 8.66. The molecule has 0 bridgehead atoms. The van der Waals surface area contributed by atoms with Crippen molar-refractivity contribution in [3.63, 3.8) is 0 Å². The van der Waals surface area contributed by atoms with Crippen LogP contribution in [0.4, 0.5) is 10.1 Å². The van der Waals surface area contributed by atoms with Crippen molar-refractivity contribution in [2.75, 3.05) is 32.1 Å². The van der Waals surface area contributed by atoms with Crippen LogP contribution in [0.15, 0.2) is 61.2 Å². The van der Waals surface area contributed by atoms with Crippen LogP contribution in [0.25, 0.3) is 0 Å². The van der Waals surface area contributed by atoms with Gasteiger partial charge in [-0.2, -0.15) is 0 Å². The summed E-state index contributed by atoms with van der Waals surface area (Å²) in [5, 5.41) is 2.74. The van der Waals surface area contributed by atoms with E-state index in [1.807, 2.05) is 31.3 Å². The van der Waals surface area contributed by atoms with Gasteiger partial charge < -0.3 is 15.0 Å². The van der Waals surface area contributed by atoms with Gasteiger partial charge >= 0.3 is 0 Å². The zero-order valence-electron chi connectivity index (χ0n) is 14.8. The van der Waals surface area contributed by atoms with Gasteiger partial charge in [0, 0.05) is 19.0 Å². The van der Waals surface area contributed by atoms with E-state index in [-0.39, 0.29) is 23.4 Å². The molecule has 0 aromatic heterocycles. The molecular weight excluding hydrogens is 331 g/mol. The van der Waals surface area contributed by atoms with Crippen molar-refractivity contribution in [2.45, 2.75) is 5.92 Å². The maximum atomic E-state index is 13.9. The van der Waals surface area contributed by atoms with E-state index in [4.69, 9.17) is 4.74 Å². The lowest BCUT2D eigenvalue weighted by Crippen LogP contribution is -2.28. The molecule has 0 aliphatic carbocycles. The Kier molecular flexibility index (Phi) is 5.68. The Labute approximate surface area is 153 Å². The molecule has 2 aromatic carbocycles. The first kappa shape index (κ1) is 18.1. The quantitative estimate of drug-likeness (QED) is 0.805. The summed E-state index contributed by atoms with van der Waals surface area (Å²) in [6.07, 6.45) is 1.70. The minimum Gasteiger partial charge on any atom is -0.490 e. The number of nitrogens with zero attached hydrogens (tertiary/aromatic N) is 1. The second-order valence-corrected chi connectivity index (χ2v) is 6.58. The molecule has 136 valence electrons. The van der Waals surface area contributed by atoms with Gasteiger partial charge in [-0.15, -0.1) is 0 Å². The second-order valence-electron chi connectivity index (χ2n) is 6.58. The molecule has 26 heavy (non-hydrogen) atoms. The Balaban J connectivity index is 1.79. The highest BCUT2D eigenvalue weighted by atomic mass is 19.1. The fourth-order valence-corrected chi connectivity index (χ4v) is 3.38. The Bertz CT molecular complexity index is 793. The summed E-state index contributed by atoms with van der Waals surface area (Å²) in [6, 6.07) is 14.0. The van der Waals surface area contributed by atoms with Gasteiger partial charge in [-0.05, 0) is 36.9 Å². The van der Waals surface area contributed by atoms with Crippen LogP contribution in [0, 0.1) is 11.7 Å². The summed E-state index contributed by atoms with van der Waals surface area (Å²) in [6.45, 7) is 5.48. The number of amides is 1. The molecule has 2 aromatic rings. The van der Waals surface area contributed by atoms with Crippen molar-refractivity contribution in [3.8, 4) is 5.75 Å². The van der Waals surface area contributed by atoms with Gasteiger partial charge in [-0.3, -0.25) is 4.79 Å². The molecule has 0 saturated carbocycles. The Hall–Kier alpha value is -2.66. The molecule has 1 N–H and O–H groups in total. The second kappa shape index (κ2) is 8.15. The van der Waals surface area contributed by atoms with Crippen LogP contribution >= 0.6 is 0 Å². The first-order chi connectivity index (χ1) is 12.6. The highest BCUT2D eigenvalue weighted by Crippen LogP contribution is 2.34. The van der Waals surface area contributed by atoms with Gasteiger partial charge in [-0.1, -0.05) is 36.9 Å². The van der Waals surface area contributed by atoms with Crippen LogP contribution in [-0.2, 0) is 4.79 Å². The molecule has 1 amide bonds. The predicted molar refractivity (Wildman–Crippen MR) is 101 cm³/mol. The van der Waals surface area contributed by atoms with Crippen LogP contribution in [0.5, 0.6) is 5.75 Å². The van der Waals surface area contributed by atoms with Gasteiger partial charge in [0.1, 0.15) is 18.2 Å². The Morgan fingerprint density at radius 3 is 2.88 bits per heavy atom. The molecule has 5 heteroatoms. The number of para-hydroxylation sites is 1. The summed E-state index contributed by atoms with van der Waals surface area (Å²) >= 11 is 0. The first-order valence-electron chi connectivity index (χ1n) is 8.66. The fraction of sp³-hybridized carbons (Fsp3) is 0.286. The van der Waals surface area contributed by atoms with E-state index in [1.54, 1.807) is 24.3 Å². The third-order valence-corrected chi connectivity index (χ3v) is 4.63. The lowest BCUT2D eigenvalue weighted by Gasteiger charge is -2.19. The molecule has 0 spiro atoms. The van der Waals surface area contributed by atoms with Crippen molar-refractivity contribution in [2.24, 2.45) is 5.92 Å². The van der Waals surface area contributed by atoms with E-state index in [1.165, 1.54) is 6.07 Å². The van der Waals surface area contributed by atoms with Crippen LogP contribution in [-0.4, -0.2) is 37.6 Å². The van der Waals surface area contributed by atoms with E-state index >= 15 is 0 Å². The monoisotopic (exact) mass is 354 g/mol. The van der Waals surface area contributed by atoms with Gasteiger partial charge in [0.2, 0.25) is 5.91 Å². The van der Waals surface area contributed by atoms with Crippen molar-refractivity contribution in [1.82, 2.24) is 4.90 Å². The van der Waals surface area contributed by atoms with Crippen molar-refractivity contribution in [3.05, 3.63) is 72.6 Å². The predicted octanol–water partition coefficient (Wildman–Crippen LogP) is 3.67. The molecule has 1 aliphatic rings. The minimum atomic E-state index is -0.427. The molecule has 0 radical (unpaired) electrons. The lowest BCUT2D eigenvalue weighted by molar-refractivity contribution is -0.119. The van der Waals surface area contributed by atoms with Gasteiger partial charge in [0.15, 0.2) is 0 Å². The molecule has 2 unspecified atom stereocenters. The zero-order chi connectivity index (χ0) is 18.5. The van der Waals surface area contributed by atoms with E-state index in [9.17, 15) is 9.18 Å². The fourth-order valence-electron chi connectivity index (χ4n) is 3.38. The number of carbonyl (C=O) groups is 1. The van der Waals surface area contributed by atoms with Crippen LogP contribution in [0.2, 0.25) is 0 Å². The number of carbonyl (C=O) groups excluding carboxylic acids is 1. The average molecular weight is 354 g/mol. The standard InChI is InChI=1S/C21H23FN2O2/c1-3-11-26-16-8-6-7-15(12-16)17-13-24(2)14-18(17)21(25)23-20-10-5-4-9-19(20)22/h3-10,12,17-18H,1,11,13-14H2,2H3,(H,23,25). The molecule has 1 saturated heterocycles. The number of halogens is 1. The number of likely N-dealkylation sites (tertiary alicyclic amines) is 1. The smallest absolute Gasteiger partial charge is 0.229 e. The summed E-state index contributed by atoms with van der Waals surface area (Å²) in [5.74, 6) is -0.0658. The third kappa shape index (κ3) is 4.11. The topological polar surface area (TPSA) is 41.6 Å². The molecule has 1 fully saturated rings. The van der Waals surface area contributed by atoms with Gasteiger partial charge in [0.25, 0.3) is 0 Å². The van der Waals surface area contributed by atoms with Gasteiger partial charge in [-0.25, -0.2) is 4.39 Å². The Morgan fingerprint density at radius 1 is 1.31 bits per heavy atom.